The minimum atomic E-state index is -4.38. The number of halogens is 3. The molecule has 1 amide bonds. The molecule has 3 aromatic rings. The van der Waals surface area contributed by atoms with Gasteiger partial charge in [0.05, 0.1) is 11.6 Å². The van der Waals surface area contributed by atoms with Crippen LogP contribution in [0.25, 0.3) is 11.2 Å². The molecule has 2 unspecified atom stereocenters. The van der Waals surface area contributed by atoms with Gasteiger partial charge in [-0.15, -0.1) is 11.3 Å². The molecule has 1 aliphatic rings. The molecular weight excluding hydrogens is 405 g/mol. The van der Waals surface area contributed by atoms with E-state index >= 15 is 0 Å². The quantitative estimate of drug-likeness (QED) is 0.620. The number of pyridine rings is 1. The SMILES string of the molecule is Cc1ccc2[nH]c(C3CC3C(=O)N[C@H](C)c3ccc(OCC(F)(F)F)s3)nc2n1. The minimum absolute atomic E-state index is 0.0192. The van der Waals surface area contributed by atoms with E-state index in [9.17, 15) is 18.0 Å². The Morgan fingerprint density at radius 1 is 1.34 bits per heavy atom. The number of nitrogens with zero attached hydrogens (tertiary/aromatic N) is 2. The first-order valence-electron chi connectivity index (χ1n) is 9.12. The highest BCUT2D eigenvalue weighted by molar-refractivity contribution is 7.13. The molecular formula is C19H19F3N4O2S. The number of H-pyrrole nitrogens is 1. The first kappa shape index (κ1) is 19.7. The third kappa shape index (κ3) is 4.52. The van der Waals surface area contributed by atoms with Crippen LogP contribution in [0.15, 0.2) is 24.3 Å². The van der Waals surface area contributed by atoms with Crippen LogP contribution < -0.4 is 10.1 Å². The zero-order valence-electron chi connectivity index (χ0n) is 15.7. The number of hydrogen-bond acceptors (Lipinski definition) is 5. The predicted octanol–water partition coefficient (Wildman–Crippen LogP) is 4.25. The molecule has 29 heavy (non-hydrogen) atoms. The normalized spacial score (nSPS) is 19.9. The van der Waals surface area contributed by atoms with Crippen molar-refractivity contribution in [1.82, 2.24) is 20.3 Å². The van der Waals surface area contributed by atoms with Crippen LogP contribution in [0.2, 0.25) is 0 Å². The lowest BCUT2D eigenvalue weighted by Gasteiger charge is -2.12. The summed E-state index contributed by atoms with van der Waals surface area (Å²) in [6.45, 7) is 2.36. The van der Waals surface area contributed by atoms with Crippen molar-refractivity contribution in [2.45, 2.75) is 38.4 Å². The van der Waals surface area contributed by atoms with Crippen LogP contribution in [0.4, 0.5) is 13.2 Å². The van der Waals surface area contributed by atoms with E-state index < -0.39 is 12.8 Å². The van der Waals surface area contributed by atoms with E-state index in [1.807, 2.05) is 19.1 Å². The van der Waals surface area contributed by atoms with Gasteiger partial charge in [-0.25, -0.2) is 9.97 Å². The van der Waals surface area contributed by atoms with Crippen molar-refractivity contribution in [2.24, 2.45) is 5.92 Å². The second-order valence-electron chi connectivity index (χ2n) is 7.19. The van der Waals surface area contributed by atoms with Gasteiger partial charge in [0.1, 0.15) is 5.82 Å². The van der Waals surface area contributed by atoms with Crippen molar-refractivity contribution < 1.29 is 22.7 Å². The second-order valence-corrected chi connectivity index (χ2v) is 8.26. The number of hydrogen-bond donors (Lipinski definition) is 2. The number of carbonyl (C=O) groups excluding carboxylic acids is 1. The van der Waals surface area contributed by atoms with Crippen molar-refractivity contribution in [3.05, 3.63) is 40.7 Å². The highest BCUT2D eigenvalue weighted by Crippen LogP contribution is 2.47. The summed E-state index contributed by atoms with van der Waals surface area (Å²) >= 11 is 1.09. The van der Waals surface area contributed by atoms with E-state index in [-0.39, 0.29) is 28.8 Å². The molecule has 0 radical (unpaired) electrons. The fourth-order valence-electron chi connectivity index (χ4n) is 3.16. The van der Waals surface area contributed by atoms with Crippen molar-refractivity contribution in [2.75, 3.05) is 6.61 Å². The largest absolute Gasteiger partial charge is 0.475 e. The van der Waals surface area contributed by atoms with Gasteiger partial charge in [-0.3, -0.25) is 4.79 Å². The van der Waals surface area contributed by atoms with Gasteiger partial charge in [-0.1, -0.05) is 0 Å². The van der Waals surface area contributed by atoms with Crippen molar-refractivity contribution >= 4 is 28.4 Å². The lowest BCUT2D eigenvalue weighted by Crippen LogP contribution is -2.28. The second kappa shape index (κ2) is 7.33. The van der Waals surface area contributed by atoms with Gasteiger partial charge in [-0.2, -0.15) is 13.2 Å². The van der Waals surface area contributed by atoms with E-state index in [0.29, 0.717) is 12.1 Å². The number of aryl methyl sites for hydroxylation is 1. The van der Waals surface area contributed by atoms with Crippen LogP contribution >= 0.6 is 11.3 Å². The Morgan fingerprint density at radius 3 is 2.90 bits per heavy atom. The molecule has 3 heterocycles. The predicted molar refractivity (Wildman–Crippen MR) is 102 cm³/mol. The molecule has 0 aromatic carbocycles. The Hall–Kier alpha value is -2.62. The summed E-state index contributed by atoms with van der Waals surface area (Å²) in [5.41, 5.74) is 2.36. The number of rotatable bonds is 6. The Kier molecular flexibility index (Phi) is 4.97. The first-order valence-corrected chi connectivity index (χ1v) is 9.94. The Bertz CT molecular complexity index is 1050. The van der Waals surface area contributed by atoms with Crippen molar-refractivity contribution in [1.29, 1.82) is 0 Å². The number of amides is 1. The smallest absolute Gasteiger partial charge is 0.422 e. The maximum atomic E-state index is 12.6. The summed E-state index contributed by atoms with van der Waals surface area (Å²) in [6.07, 6.45) is -3.68. The van der Waals surface area contributed by atoms with E-state index in [1.54, 1.807) is 13.0 Å². The number of alkyl halides is 3. The van der Waals surface area contributed by atoms with Gasteiger partial charge in [-0.05, 0) is 44.5 Å². The molecule has 0 aliphatic heterocycles. The zero-order valence-corrected chi connectivity index (χ0v) is 16.5. The Morgan fingerprint density at radius 2 is 2.14 bits per heavy atom. The van der Waals surface area contributed by atoms with E-state index in [1.165, 1.54) is 6.07 Å². The molecule has 0 saturated heterocycles. The highest BCUT2D eigenvalue weighted by Gasteiger charge is 2.46. The first-order chi connectivity index (χ1) is 13.7. The average molecular weight is 424 g/mol. The number of nitrogens with one attached hydrogen (secondary N) is 2. The average Bonchev–Trinajstić information content (AvgIpc) is 3.11. The molecule has 10 heteroatoms. The minimum Gasteiger partial charge on any atom is -0.475 e. The van der Waals surface area contributed by atoms with Crippen molar-refractivity contribution in [3.63, 3.8) is 0 Å². The number of imidazole rings is 1. The number of carbonyl (C=O) groups is 1. The standard InChI is InChI=1S/C19H19F3N4O2S/c1-9-3-4-13-17(23-9)26-16(25-13)11-7-12(11)18(27)24-10(2)14-5-6-15(29-14)28-8-19(20,21)22/h3-6,10-12H,7-8H2,1-2H3,(H,24,27)(H,23,25,26)/t10-,11?,12?/m1/s1. The molecule has 154 valence electrons. The van der Waals surface area contributed by atoms with Gasteiger partial charge >= 0.3 is 6.18 Å². The number of aromatic nitrogens is 3. The number of thiophene rings is 1. The molecule has 1 fully saturated rings. The zero-order chi connectivity index (χ0) is 20.8. The maximum absolute atomic E-state index is 12.6. The summed E-state index contributed by atoms with van der Waals surface area (Å²) in [5.74, 6) is 0.494. The third-order valence-electron chi connectivity index (χ3n) is 4.75. The molecule has 1 aliphatic carbocycles. The fourth-order valence-corrected chi connectivity index (χ4v) is 4.02. The van der Waals surface area contributed by atoms with E-state index in [0.717, 1.165) is 33.2 Å². The van der Waals surface area contributed by atoms with Gasteiger partial charge in [0, 0.05) is 22.4 Å². The summed E-state index contributed by atoms with van der Waals surface area (Å²) < 4.78 is 41.5. The molecule has 3 atom stereocenters. The summed E-state index contributed by atoms with van der Waals surface area (Å²) in [5, 5.41) is 3.10. The summed E-state index contributed by atoms with van der Waals surface area (Å²) in [4.78, 5) is 25.4. The lowest BCUT2D eigenvalue weighted by atomic mass is 10.2. The van der Waals surface area contributed by atoms with Crippen LogP contribution in [-0.4, -0.2) is 33.6 Å². The van der Waals surface area contributed by atoms with Crippen LogP contribution in [0.5, 0.6) is 5.06 Å². The van der Waals surface area contributed by atoms with Crippen molar-refractivity contribution in [3.8, 4) is 5.06 Å². The summed E-state index contributed by atoms with van der Waals surface area (Å²) in [6, 6.07) is 6.65. The Labute approximate surface area is 168 Å². The molecule has 2 N–H and O–H groups in total. The van der Waals surface area contributed by atoms with E-state index in [2.05, 4.69) is 20.3 Å². The van der Waals surface area contributed by atoms with Gasteiger partial charge < -0.3 is 15.0 Å². The monoisotopic (exact) mass is 424 g/mol. The molecule has 4 rings (SSSR count). The molecule has 1 saturated carbocycles. The van der Waals surface area contributed by atoms with Gasteiger partial charge in [0.25, 0.3) is 0 Å². The highest BCUT2D eigenvalue weighted by atomic mass is 32.1. The maximum Gasteiger partial charge on any atom is 0.422 e. The summed E-state index contributed by atoms with van der Waals surface area (Å²) in [7, 11) is 0. The van der Waals surface area contributed by atoms with Crippen LogP contribution in [-0.2, 0) is 4.79 Å². The Balaban J connectivity index is 1.34. The lowest BCUT2D eigenvalue weighted by molar-refractivity contribution is -0.152. The molecule has 0 spiro atoms. The van der Waals surface area contributed by atoms with Gasteiger partial charge in [0.15, 0.2) is 17.3 Å². The van der Waals surface area contributed by atoms with Gasteiger partial charge in [0.2, 0.25) is 5.91 Å². The molecule has 0 bridgehead atoms. The number of aromatic amines is 1. The molecule has 6 nitrogen and oxygen atoms in total. The third-order valence-corrected chi connectivity index (χ3v) is 5.93. The van der Waals surface area contributed by atoms with Crippen LogP contribution in [0.1, 0.15) is 41.7 Å². The van der Waals surface area contributed by atoms with Crippen LogP contribution in [0, 0.1) is 12.8 Å². The molecule has 3 aromatic heterocycles. The number of fused-ring (bicyclic) bond motifs is 1. The topological polar surface area (TPSA) is 79.9 Å². The van der Waals surface area contributed by atoms with Crippen LogP contribution in [0.3, 0.4) is 0 Å². The number of ether oxygens (including phenoxy) is 1. The fraction of sp³-hybridized carbons (Fsp3) is 0.421. The van der Waals surface area contributed by atoms with E-state index in [4.69, 9.17) is 4.74 Å².